The minimum atomic E-state index is -0.431. The lowest BCUT2D eigenvalue weighted by Gasteiger charge is -2.03. The molecule has 3 rings (SSSR count). The normalized spacial score (nSPS) is 13.0. The Balaban J connectivity index is 1.52. The number of esters is 1. The molecule has 0 saturated carbocycles. The molecule has 0 aliphatic heterocycles. The van der Waals surface area contributed by atoms with Crippen LogP contribution < -0.4 is 5.32 Å². The van der Waals surface area contributed by atoms with Gasteiger partial charge in [-0.15, -0.1) is 22.7 Å². The summed E-state index contributed by atoms with van der Waals surface area (Å²) in [6, 6.07) is 1.89. The van der Waals surface area contributed by atoms with E-state index in [2.05, 4.69) is 10.3 Å². The molecule has 1 amide bonds. The molecule has 2 aromatic rings. The maximum absolute atomic E-state index is 11.9. The van der Waals surface area contributed by atoms with Crippen molar-refractivity contribution in [2.75, 3.05) is 11.9 Å². The highest BCUT2D eigenvalue weighted by Crippen LogP contribution is 2.30. The highest BCUT2D eigenvalue weighted by molar-refractivity contribution is 7.14. The molecule has 5 nitrogen and oxygen atoms in total. The number of anilines is 1. The van der Waals surface area contributed by atoms with Crippen molar-refractivity contribution in [1.82, 2.24) is 4.98 Å². The molecule has 0 spiro atoms. The number of carbonyl (C=O) groups is 2. The number of thiazole rings is 1. The highest BCUT2D eigenvalue weighted by atomic mass is 32.1. The van der Waals surface area contributed by atoms with E-state index in [0.717, 1.165) is 25.0 Å². The molecule has 110 valence electrons. The first-order valence-corrected chi connectivity index (χ1v) is 8.32. The summed E-state index contributed by atoms with van der Waals surface area (Å²) in [4.78, 5) is 29.6. The van der Waals surface area contributed by atoms with Crippen molar-refractivity contribution in [1.29, 1.82) is 0 Å². The van der Waals surface area contributed by atoms with Crippen molar-refractivity contribution in [2.24, 2.45) is 0 Å². The van der Waals surface area contributed by atoms with E-state index in [1.54, 1.807) is 0 Å². The zero-order chi connectivity index (χ0) is 14.8. The second-order valence-corrected chi connectivity index (χ2v) is 6.83. The smallest absolute Gasteiger partial charge is 0.348 e. The Morgan fingerprint density at radius 3 is 3.00 bits per heavy atom. The summed E-state index contributed by atoms with van der Waals surface area (Å²) in [7, 11) is 0. The van der Waals surface area contributed by atoms with E-state index in [4.69, 9.17) is 4.74 Å². The first kappa shape index (κ1) is 14.2. The van der Waals surface area contributed by atoms with Crippen LogP contribution in [0.5, 0.6) is 0 Å². The van der Waals surface area contributed by atoms with Gasteiger partial charge in [-0.1, -0.05) is 0 Å². The Kier molecular flexibility index (Phi) is 4.03. The Bertz CT molecular complexity index is 669. The fourth-order valence-corrected chi connectivity index (χ4v) is 4.05. The summed E-state index contributed by atoms with van der Waals surface area (Å²) in [6.07, 6.45) is 3.23. The predicted molar refractivity (Wildman–Crippen MR) is 82.1 cm³/mol. The van der Waals surface area contributed by atoms with E-state index in [0.29, 0.717) is 10.0 Å². The van der Waals surface area contributed by atoms with Crippen LogP contribution in [0.25, 0.3) is 0 Å². The average Bonchev–Trinajstić information content (AvgIpc) is 3.11. The molecule has 1 N–H and O–H groups in total. The van der Waals surface area contributed by atoms with Crippen LogP contribution in [-0.4, -0.2) is 23.5 Å². The molecule has 21 heavy (non-hydrogen) atoms. The van der Waals surface area contributed by atoms with Gasteiger partial charge in [-0.3, -0.25) is 10.1 Å². The number of fused-ring (bicyclic) bond motifs is 1. The van der Waals surface area contributed by atoms with Crippen LogP contribution in [0.2, 0.25) is 0 Å². The van der Waals surface area contributed by atoms with Gasteiger partial charge in [0.05, 0.1) is 5.69 Å². The van der Waals surface area contributed by atoms with Gasteiger partial charge < -0.3 is 4.74 Å². The summed E-state index contributed by atoms with van der Waals surface area (Å²) in [5.74, 6) is -0.804. The molecule has 0 unspecified atom stereocenters. The van der Waals surface area contributed by atoms with E-state index >= 15 is 0 Å². The molecule has 0 radical (unpaired) electrons. The van der Waals surface area contributed by atoms with Crippen molar-refractivity contribution in [3.8, 4) is 0 Å². The number of hydrogen-bond acceptors (Lipinski definition) is 6. The number of nitrogens with one attached hydrogen (secondary N) is 1. The van der Waals surface area contributed by atoms with Gasteiger partial charge in [0, 0.05) is 10.3 Å². The number of nitrogens with zero attached hydrogens (tertiary/aromatic N) is 1. The lowest BCUT2D eigenvalue weighted by molar-refractivity contribution is -0.119. The van der Waals surface area contributed by atoms with Gasteiger partial charge in [0.25, 0.3) is 5.91 Å². The summed E-state index contributed by atoms with van der Waals surface area (Å²) in [5.41, 5.74) is 2.09. The lowest BCUT2D eigenvalue weighted by Crippen LogP contribution is -2.20. The van der Waals surface area contributed by atoms with Crippen molar-refractivity contribution < 1.29 is 14.3 Å². The molecule has 0 fully saturated rings. The number of hydrogen-bond donors (Lipinski definition) is 1. The van der Waals surface area contributed by atoms with Gasteiger partial charge in [0.2, 0.25) is 0 Å². The molecule has 7 heteroatoms. The Morgan fingerprint density at radius 1 is 1.43 bits per heavy atom. The molecule has 2 aromatic heterocycles. The van der Waals surface area contributed by atoms with Crippen molar-refractivity contribution in [2.45, 2.75) is 26.2 Å². The van der Waals surface area contributed by atoms with E-state index in [1.165, 1.54) is 33.1 Å². The van der Waals surface area contributed by atoms with Crippen molar-refractivity contribution in [3.05, 3.63) is 32.5 Å². The van der Waals surface area contributed by atoms with Gasteiger partial charge in [-0.2, -0.15) is 0 Å². The van der Waals surface area contributed by atoms with Gasteiger partial charge in [0.1, 0.15) is 4.88 Å². The van der Waals surface area contributed by atoms with Crippen molar-refractivity contribution in [3.63, 3.8) is 0 Å². The second kappa shape index (κ2) is 5.95. The molecule has 0 atom stereocenters. The number of aryl methyl sites for hydroxylation is 3. The SMILES string of the molecule is Cc1csc(NC(=O)COC(=O)c2cc3c(s2)CCC3)n1. The van der Waals surface area contributed by atoms with Crippen LogP contribution >= 0.6 is 22.7 Å². The fourth-order valence-electron chi connectivity index (χ4n) is 2.20. The number of ether oxygens (including phenoxy) is 1. The number of aromatic nitrogens is 1. The van der Waals surface area contributed by atoms with Crippen LogP contribution in [0.15, 0.2) is 11.4 Å². The van der Waals surface area contributed by atoms with Crippen molar-refractivity contribution >= 4 is 39.7 Å². The maximum atomic E-state index is 11.9. The quantitative estimate of drug-likeness (QED) is 0.879. The van der Waals surface area contributed by atoms with Crippen LogP contribution in [0, 0.1) is 6.92 Å². The molecule has 0 aromatic carbocycles. The molecular formula is C14H14N2O3S2. The van der Waals surface area contributed by atoms with Crippen LogP contribution in [0.4, 0.5) is 5.13 Å². The molecule has 2 heterocycles. The number of amides is 1. The summed E-state index contributed by atoms with van der Waals surface area (Å²) < 4.78 is 5.04. The van der Waals surface area contributed by atoms with E-state index in [1.807, 2.05) is 18.4 Å². The third kappa shape index (κ3) is 3.30. The minimum absolute atomic E-state index is 0.292. The first-order chi connectivity index (χ1) is 10.1. The topological polar surface area (TPSA) is 68.3 Å². The minimum Gasteiger partial charge on any atom is -0.451 e. The monoisotopic (exact) mass is 322 g/mol. The second-order valence-electron chi connectivity index (χ2n) is 4.83. The molecule has 0 saturated heterocycles. The number of thiophene rings is 1. The molecule has 1 aliphatic rings. The first-order valence-electron chi connectivity index (χ1n) is 6.62. The Hall–Kier alpha value is -1.73. The van der Waals surface area contributed by atoms with Crippen LogP contribution in [-0.2, 0) is 22.4 Å². The summed E-state index contributed by atoms with van der Waals surface area (Å²) in [5, 5.41) is 4.96. The molecular weight excluding hydrogens is 308 g/mol. The van der Waals surface area contributed by atoms with Crippen LogP contribution in [0.3, 0.4) is 0 Å². The standard InChI is InChI=1S/C14H14N2O3S2/c1-8-7-20-14(15-8)16-12(17)6-19-13(18)11-5-9-3-2-4-10(9)21-11/h5,7H,2-4,6H2,1H3,(H,15,16,17). The lowest BCUT2D eigenvalue weighted by atomic mass is 10.2. The van der Waals surface area contributed by atoms with Gasteiger partial charge in [-0.25, -0.2) is 9.78 Å². The largest absolute Gasteiger partial charge is 0.451 e. The maximum Gasteiger partial charge on any atom is 0.348 e. The Morgan fingerprint density at radius 2 is 2.29 bits per heavy atom. The predicted octanol–water partition coefficient (Wildman–Crippen LogP) is 2.80. The van der Waals surface area contributed by atoms with Gasteiger partial charge in [0.15, 0.2) is 11.7 Å². The zero-order valence-corrected chi connectivity index (χ0v) is 13.1. The summed E-state index contributed by atoms with van der Waals surface area (Å²) in [6.45, 7) is 1.56. The third-order valence-corrected chi connectivity index (χ3v) is 5.24. The summed E-state index contributed by atoms with van der Waals surface area (Å²) >= 11 is 2.82. The molecule has 0 bridgehead atoms. The van der Waals surface area contributed by atoms with E-state index < -0.39 is 5.97 Å². The Labute approximate surface area is 130 Å². The fraction of sp³-hybridized carbons (Fsp3) is 0.357. The average molecular weight is 322 g/mol. The van der Waals surface area contributed by atoms with Gasteiger partial charge >= 0.3 is 5.97 Å². The molecule has 1 aliphatic carbocycles. The van der Waals surface area contributed by atoms with E-state index in [9.17, 15) is 9.59 Å². The third-order valence-electron chi connectivity index (χ3n) is 3.15. The van der Waals surface area contributed by atoms with Gasteiger partial charge in [-0.05, 0) is 37.8 Å². The zero-order valence-electron chi connectivity index (χ0n) is 11.5. The number of carbonyl (C=O) groups excluding carboxylic acids is 2. The number of rotatable bonds is 4. The highest BCUT2D eigenvalue weighted by Gasteiger charge is 2.20. The van der Waals surface area contributed by atoms with E-state index in [-0.39, 0.29) is 12.5 Å². The van der Waals surface area contributed by atoms with Crippen LogP contribution in [0.1, 0.15) is 32.2 Å².